The van der Waals surface area contributed by atoms with Crippen molar-refractivity contribution < 1.29 is 14.4 Å². The van der Waals surface area contributed by atoms with Crippen LogP contribution in [0.15, 0.2) is 54.0 Å². The van der Waals surface area contributed by atoms with E-state index in [1.807, 2.05) is 0 Å². The van der Waals surface area contributed by atoms with Crippen molar-refractivity contribution in [3.05, 3.63) is 75.8 Å². The smallest absolute Gasteiger partial charge is 0.266 e. The molecule has 0 fully saturated rings. The van der Waals surface area contributed by atoms with Crippen molar-refractivity contribution in [1.29, 1.82) is 0 Å². The van der Waals surface area contributed by atoms with Crippen molar-refractivity contribution in [2.75, 3.05) is 10.2 Å². The maximum atomic E-state index is 12.7. The number of anilines is 2. The Bertz CT molecular complexity index is 1030. The first-order valence-electron chi connectivity index (χ1n) is 7.54. The number of aromatic nitrogens is 1. The summed E-state index contributed by atoms with van der Waals surface area (Å²) in [5.41, 5.74) is 1.15. The third kappa shape index (κ3) is 2.77. The number of thiazole rings is 1. The Balaban J connectivity index is 1.66. The van der Waals surface area contributed by atoms with Crippen LogP contribution >= 0.6 is 22.9 Å². The van der Waals surface area contributed by atoms with Gasteiger partial charge in [0.2, 0.25) is 0 Å². The average molecular weight is 384 g/mol. The van der Waals surface area contributed by atoms with Gasteiger partial charge in [-0.3, -0.25) is 19.7 Å². The highest BCUT2D eigenvalue weighted by Gasteiger charge is 2.37. The normalized spacial score (nSPS) is 13.0. The number of rotatable bonds is 3. The standard InChI is InChI=1S/C18H10ClN3O3S/c19-11-2-4-12(5-3-11)22-16(24)13-6-1-10(9-14(13)17(22)25)15(23)21-18-20-7-8-26-18/h1-9H,(H,20,21,23). The van der Waals surface area contributed by atoms with E-state index in [1.54, 1.807) is 35.8 Å². The first kappa shape index (κ1) is 16.4. The molecule has 1 aliphatic rings. The molecule has 0 unspecified atom stereocenters. The molecule has 3 aromatic rings. The van der Waals surface area contributed by atoms with E-state index in [4.69, 9.17) is 11.6 Å². The molecule has 0 saturated heterocycles. The second-order valence-corrected chi connectivity index (χ2v) is 6.80. The van der Waals surface area contributed by atoms with Gasteiger partial charge in [-0.2, -0.15) is 0 Å². The lowest BCUT2D eigenvalue weighted by Crippen LogP contribution is -2.29. The van der Waals surface area contributed by atoms with Crippen molar-refractivity contribution >= 4 is 51.5 Å². The number of carbonyl (C=O) groups is 3. The van der Waals surface area contributed by atoms with Crippen LogP contribution in [-0.4, -0.2) is 22.7 Å². The fourth-order valence-electron chi connectivity index (χ4n) is 2.66. The summed E-state index contributed by atoms with van der Waals surface area (Å²) in [4.78, 5) is 42.7. The fraction of sp³-hybridized carbons (Fsp3) is 0. The van der Waals surface area contributed by atoms with Crippen LogP contribution in [0.3, 0.4) is 0 Å². The van der Waals surface area contributed by atoms with Crippen molar-refractivity contribution in [3.63, 3.8) is 0 Å². The average Bonchev–Trinajstić information content (AvgIpc) is 3.23. The van der Waals surface area contributed by atoms with E-state index in [0.29, 0.717) is 15.8 Å². The largest absolute Gasteiger partial charge is 0.298 e. The summed E-state index contributed by atoms with van der Waals surface area (Å²) in [7, 11) is 0. The van der Waals surface area contributed by atoms with Crippen molar-refractivity contribution in [3.8, 4) is 0 Å². The van der Waals surface area contributed by atoms with Gasteiger partial charge in [-0.15, -0.1) is 11.3 Å². The van der Waals surface area contributed by atoms with E-state index in [9.17, 15) is 14.4 Å². The van der Waals surface area contributed by atoms with Gasteiger partial charge in [-0.1, -0.05) is 11.6 Å². The van der Waals surface area contributed by atoms with Crippen LogP contribution in [0.5, 0.6) is 0 Å². The Kier molecular flexibility index (Phi) is 4.02. The number of imide groups is 1. The van der Waals surface area contributed by atoms with Crippen molar-refractivity contribution in [2.24, 2.45) is 0 Å². The zero-order valence-electron chi connectivity index (χ0n) is 13.1. The van der Waals surface area contributed by atoms with Crippen LogP contribution < -0.4 is 10.2 Å². The van der Waals surface area contributed by atoms with Gasteiger partial charge in [-0.05, 0) is 42.5 Å². The van der Waals surface area contributed by atoms with Crippen LogP contribution in [0.1, 0.15) is 31.1 Å². The number of fused-ring (bicyclic) bond motifs is 1. The van der Waals surface area contributed by atoms with E-state index in [2.05, 4.69) is 10.3 Å². The van der Waals surface area contributed by atoms with E-state index in [0.717, 1.165) is 4.90 Å². The lowest BCUT2D eigenvalue weighted by molar-refractivity contribution is 0.0925. The molecule has 2 aromatic carbocycles. The van der Waals surface area contributed by atoms with E-state index in [1.165, 1.54) is 29.5 Å². The highest BCUT2D eigenvalue weighted by atomic mass is 35.5. The summed E-state index contributed by atoms with van der Waals surface area (Å²) in [6.07, 6.45) is 1.58. The van der Waals surface area contributed by atoms with E-state index in [-0.39, 0.29) is 16.7 Å². The molecule has 8 heteroatoms. The number of hydrogen-bond donors (Lipinski definition) is 1. The first-order valence-corrected chi connectivity index (χ1v) is 8.79. The molecule has 0 radical (unpaired) electrons. The van der Waals surface area contributed by atoms with E-state index >= 15 is 0 Å². The Labute approximate surface area is 157 Å². The first-order chi connectivity index (χ1) is 12.5. The molecule has 0 saturated carbocycles. The predicted molar refractivity (Wildman–Crippen MR) is 99.1 cm³/mol. The van der Waals surface area contributed by atoms with Gasteiger partial charge in [0.15, 0.2) is 5.13 Å². The summed E-state index contributed by atoms with van der Waals surface area (Å²) < 4.78 is 0. The van der Waals surface area contributed by atoms with Gasteiger partial charge in [0.25, 0.3) is 17.7 Å². The maximum absolute atomic E-state index is 12.7. The molecule has 3 amide bonds. The molecule has 26 heavy (non-hydrogen) atoms. The minimum Gasteiger partial charge on any atom is -0.298 e. The Morgan fingerprint density at radius 1 is 1.04 bits per heavy atom. The van der Waals surface area contributed by atoms with Gasteiger partial charge >= 0.3 is 0 Å². The molecule has 0 aliphatic carbocycles. The van der Waals surface area contributed by atoms with Crippen LogP contribution in [-0.2, 0) is 0 Å². The number of hydrogen-bond acceptors (Lipinski definition) is 5. The number of amides is 3. The minimum absolute atomic E-state index is 0.191. The van der Waals surface area contributed by atoms with Crippen LogP contribution in [0.4, 0.5) is 10.8 Å². The third-order valence-electron chi connectivity index (χ3n) is 3.89. The van der Waals surface area contributed by atoms with E-state index < -0.39 is 17.7 Å². The van der Waals surface area contributed by atoms with Gasteiger partial charge in [0, 0.05) is 22.2 Å². The molecule has 1 aromatic heterocycles. The van der Waals surface area contributed by atoms with Crippen LogP contribution in [0.2, 0.25) is 5.02 Å². The molecule has 128 valence electrons. The molecule has 6 nitrogen and oxygen atoms in total. The molecular formula is C18H10ClN3O3S. The fourth-order valence-corrected chi connectivity index (χ4v) is 3.31. The van der Waals surface area contributed by atoms with Crippen LogP contribution in [0, 0.1) is 0 Å². The summed E-state index contributed by atoms with van der Waals surface area (Å²) in [6.45, 7) is 0. The molecule has 2 heterocycles. The third-order valence-corrected chi connectivity index (χ3v) is 4.83. The summed E-state index contributed by atoms with van der Waals surface area (Å²) >= 11 is 7.15. The lowest BCUT2D eigenvalue weighted by Gasteiger charge is -2.13. The minimum atomic E-state index is -0.476. The monoisotopic (exact) mass is 383 g/mol. The molecule has 4 rings (SSSR count). The SMILES string of the molecule is O=C(Nc1nccs1)c1ccc2c(c1)C(=O)N(c1ccc(Cl)cc1)C2=O. The van der Waals surface area contributed by atoms with Gasteiger partial charge in [0.1, 0.15) is 0 Å². The number of nitrogens with one attached hydrogen (secondary N) is 1. The molecule has 0 spiro atoms. The highest BCUT2D eigenvalue weighted by molar-refractivity contribution is 7.13. The number of nitrogens with zero attached hydrogens (tertiary/aromatic N) is 2. The zero-order valence-corrected chi connectivity index (χ0v) is 14.7. The van der Waals surface area contributed by atoms with Crippen molar-refractivity contribution in [2.45, 2.75) is 0 Å². The molecule has 1 N–H and O–H groups in total. The van der Waals surface area contributed by atoms with Gasteiger partial charge in [0.05, 0.1) is 16.8 Å². The lowest BCUT2D eigenvalue weighted by atomic mass is 10.1. The number of carbonyl (C=O) groups excluding carboxylic acids is 3. The van der Waals surface area contributed by atoms with Crippen molar-refractivity contribution in [1.82, 2.24) is 4.98 Å². The number of benzene rings is 2. The summed E-state index contributed by atoms with van der Waals surface area (Å²) in [5.74, 6) is -1.30. The molecular weight excluding hydrogens is 374 g/mol. The van der Waals surface area contributed by atoms with Crippen LogP contribution in [0.25, 0.3) is 0 Å². The Morgan fingerprint density at radius 3 is 2.46 bits per heavy atom. The Morgan fingerprint density at radius 2 is 1.77 bits per heavy atom. The quantitative estimate of drug-likeness (QED) is 0.697. The zero-order chi connectivity index (χ0) is 18.3. The molecule has 0 bridgehead atoms. The topological polar surface area (TPSA) is 79.4 Å². The second-order valence-electron chi connectivity index (χ2n) is 5.47. The predicted octanol–water partition coefficient (Wildman–Crippen LogP) is 3.85. The second kappa shape index (κ2) is 6.36. The summed E-state index contributed by atoms with van der Waals surface area (Å²) in [5, 5.41) is 5.35. The van der Waals surface area contributed by atoms with Gasteiger partial charge in [-0.25, -0.2) is 9.88 Å². The molecule has 0 atom stereocenters. The Hall–Kier alpha value is -3.03. The molecule has 1 aliphatic heterocycles. The maximum Gasteiger partial charge on any atom is 0.266 e. The van der Waals surface area contributed by atoms with Gasteiger partial charge < -0.3 is 0 Å². The highest BCUT2D eigenvalue weighted by Crippen LogP contribution is 2.30. The number of halogens is 1. The summed E-state index contributed by atoms with van der Waals surface area (Å²) in [6, 6.07) is 10.8.